The number of rotatable bonds is 4. The Morgan fingerprint density at radius 2 is 2.21 bits per heavy atom. The second-order valence-electron chi connectivity index (χ2n) is 5.04. The van der Waals surface area contributed by atoms with Crippen LogP contribution in [0, 0.1) is 6.92 Å². The molecule has 3 heteroatoms. The topological polar surface area (TPSA) is 29.5 Å². The highest BCUT2D eigenvalue weighted by molar-refractivity contribution is 7.12. The first-order valence-electron chi connectivity index (χ1n) is 6.71. The molecule has 1 aliphatic heterocycles. The van der Waals surface area contributed by atoms with Gasteiger partial charge in [-0.05, 0) is 49.1 Å². The van der Waals surface area contributed by atoms with Gasteiger partial charge in [-0.1, -0.05) is 12.1 Å². The quantitative estimate of drug-likeness (QED) is 0.922. The van der Waals surface area contributed by atoms with Crippen LogP contribution >= 0.6 is 11.3 Å². The van der Waals surface area contributed by atoms with Crippen LogP contribution in [0.2, 0.25) is 0 Å². The first-order chi connectivity index (χ1) is 9.22. The van der Waals surface area contributed by atoms with Crippen molar-refractivity contribution in [3.63, 3.8) is 0 Å². The van der Waals surface area contributed by atoms with Gasteiger partial charge in [0.2, 0.25) is 0 Å². The summed E-state index contributed by atoms with van der Waals surface area (Å²) in [6.45, 7) is 2.87. The largest absolute Gasteiger partial charge is 0.493 e. The molecule has 1 atom stereocenters. The standard InChI is InChI=1S/C16H18O2S/c1-11-2-7-16(19-11)14(17)5-3-12-4-6-15-13(10-12)8-9-18-15/h2,4,6-7,10,14,17H,3,5,8-9H2,1H3. The minimum Gasteiger partial charge on any atom is -0.493 e. The molecule has 0 saturated heterocycles. The maximum absolute atomic E-state index is 10.2. The normalized spacial score (nSPS) is 15.1. The molecular weight excluding hydrogens is 256 g/mol. The molecule has 0 fully saturated rings. The van der Waals surface area contributed by atoms with Crippen LogP contribution < -0.4 is 4.74 Å². The van der Waals surface area contributed by atoms with Crippen LogP contribution in [0.25, 0.3) is 0 Å². The monoisotopic (exact) mass is 274 g/mol. The zero-order chi connectivity index (χ0) is 13.2. The van der Waals surface area contributed by atoms with E-state index in [0.29, 0.717) is 0 Å². The number of benzene rings is 1. The molecule has 1 aromatic carbocycles. The summed E-state index contributed by atoms with van der Waals surface area (Å²) < 4.78 is 5.50. The minimum absolute atomic E-state index is 0.344. The van der Waals surface area contributed by atoms with Gasteiger partial charge in [-0.3, -0.25) is 0 Å². The molecule has 1 N–H and O–H groups in total. The highest BCUT2D eigenvalue weighted by atomic mass is 32.1. The molecule has 2 heterocycles. The Bertz CT molecular complexity index is 574. The predicted molar refractivity (Wildman–Crippen MR) is 78.0 cm³/mol. The lowest BCUT2D eigenvalue weighted by Crippen LogP contribution is -1.97. The van der Waals surface area contributed by atoms with Gasteiger partial charge in [-0.25, -0.2) is 0 Å². The second kappa shape index (κ2) is 5.35. The Balaban J connectivity index is 1.63. The molecule has 0 amide bonds. The predicted octanol–water partition coefficient (Wildman–Crippen LogP) is 3.66. The van der Waals surface area contributed by atoms with Crippen molar-refractivity contribution in [3.05, 3.63) is 51.2 Å². The minimum atomic E-state index is -0.344. The van der Waals surface area contributed by atoms with Crippen LogP contribution in [0.4, 0.5) is 0 Å². The van der Waals surface area contributed by atoms with Crippen LogP contribution in [0.15, 0.2) is 30.3 Å². The number of aryl methyl sites for hydroxylation is 2. The summed E-state index contributed by atoms with van der Waals surface area (Å²) in [6.07, 6.45) is 2.35. The van der Waals surface area contributed by atoms with E-state index in [2.05, 4.69) is 31.2 Å². The van der Waals surface area contributed by atoms with Crippen molar-refractivity contribution >= 4 is 11.3 Å². The molecule has 0 spiro atoms. The highest BCUT2D eigenvalue weighted by Gasteiger charge is 2.13. The SMILES string of the molecule is Cc1ccc(C(O)CCc2ccc3c(c2)CCO3)s1. The van der Waals surface area contributed by atoms with E-state index in [0.717, 1.165) is 36.5 Å². The Labute approximate surface area is 117 Å². The summed E-state index contributed by atoms with van der Waals surface area (Å²) in [5, 5.41) is 10.2. The highest BCUT2D eigenvalue weighted by Crippen LogP contribution is 2.29. The molecule has 19 heavy (non-hydrogen) atoms. The third kappa shape index (κ3) is 2.82. The Morgan fingerprint density at radius 1 is 1.32 bits per heavy atom. The van der Waals surface area contributed by atoms with Crippen molar-refractivity contribution in [2.75, 3.05) is 6.61 Å². The fraction of sp³-hybridized carbons (Fsp3) is 0.375. The lowest BCUT2D eigenvalue weighted by atomic mass is 10.0. The molecule has 1 aliphatic rings. The van der Waals surface area contributed by atoms with E-state index in [1.165, 1.54) is 16.0 Å². The van der Waals surface area contributed by atoms with Crippen LogP contribution in [0.3, 0.4) is 0 Å². The molecule has 0 radical (unpaired) electrons. The van der Waals surface area contributed by atoms with Gasteiger partial charge in [0.05, 0.1) is 12.7 Å². The number of aliphatic hydroxyl groups excluding tert-OH is 1. The number of hydrogen-bond donors (Lipinski definition) is 1. The van der Waals surface area contributed by atoms with Crippen LogP contribution in [-0.2, 0) is 12.8 Å². The van der Waals surface area contributed by atoms with Gasteiger partial charge in [-0.2, -0.15) is 0 Å². The summed E-state index contributed by atoms with van der Waals surface area (Å²) in [7, 11) is 0. The van der Waals surface area contributed by atoms with E-state index in [1.54, 1.807) is 11.3 Å². The number of thiophene rings is 1. The molecule has 2 nitrogen and oxygen atoms in total. The van der Waals surface area contributed by atoms with Gasteiger partial charge in [0, 0.05) is 16.2 Å². The summed E-state index contributed by atoms with van der Waals surface area (Å²) in [5.41, 5.74) is 2.59. The van der Waals surface area contributed by atoms with Gasteiger partial charge < -0.3 is 9.84 Å². The fourth-order valence-corrected chi connectivity index (χ4v) is 3.37. The second-order valence-corrected chi connectivity index (χ2v) is 6.36. The zero-order valence-electron chi connectivity index (χ0n) is 11.1. The Hall–Kier alpha value is -1.32. The van der Waals surface area contributed by atoms with E-state index < -0.39 is 0 Å². The van der Waals surface area contributed by atoms with Crippen molar-refractivity contribution in [2.45, 2.75) is 32.3 Å². The zero-order valence-corrected chi connectivity index (χ0v) is 11.9. The molecule has 100 valence electrons. The molecule has 1 unspecified atom stereocenters. The Morgan fingerprint density at radius 3 is 3.00 bits per heavy atom. The molecule has 0 aliphatic carbocycles. The van der Waals surface area contributed by atoms with Crippen molar-refractivity contribution in [1.29, 1.82) is 0 Å². The third-order valence-electron chi connectivity index (χ3n) is 3.55. The van der Waals surface area contributed by atoms with E-state index in [-0.39, 0.29) is 6.10 Å². The fourth-order valence-electron chi connectivity index (χ4n) is 2.47. The van der Waals surface area contributed by atoms with Crippen molar-refractivity contribution in [3.8, 4) is 5.75 Å². The molecule has 2 aromatic rings. The average molecular weight is 274 g/mol. The maximum Gasteiger partial charge on any atom is 0.122 e. The third-order valence-corrected chi connectivity index (χ3v) is 4.65. The first-order valence-corrected chi connectivity index (χ1v) is 7.53. The molecule has 0 bridgehead atoms. The van der Waals surface area contributed by atoms with Crippen LogP contribution in [-0.4, -0.2) is 11.7 Å². The number of aliphatic hydroxyl groups is 1. The van der Waals surface area contributed by atoms with Gasteiger partial charge >= 0.3 is 0 Å². The molecule has 3 rings (SSSR count). The summed E-state index contributed by atoms with van der Waals surface area (Å²) in [5.74, 6) is 1.03. The lowest BCUT2D eigenvalue weighted by Gasteiger charge is -2.09. The summed E-state index contributed by atoms with van der Waals surface area (Å²) in [6, 6.07) is 10.5. The number of fused-ring (bicyclic) bond motifs is 1. The van der Waals surface area contributed by atoms with E-state index in [9.17, 15) is 5.11 Å². The lowest BCUT2D eigenvalue weighted by molar-refractivity contribution is 0.171. The smallest absolute Gasteiger partial charge is 0.122 e. The molecule has 1 aromatic heterocycles. The Kier molecular flexibility index (Phi) is 3.58. The van der Waals surface area contributed by atoms with Gasteiger partial charge in [0.25, 0.3) is 0 Å². The number of hydrogen-bond acceptors (Lipinski definition) is 3. The summed E-state index contributed by atoms with van der Waals surface area (Å²) >= 11 is 1.68. The van der Waals surface area contributed by atoms with Crippen LogP contribution in [0.1, 0.15) is 33.4 Å². The van der Waals surface area contributed by atoms with Gasteiger partial charge in [-0.15, -0.1) is 11.3 Å². The first kappa shape index (κ1) is 12.7. The molecular formula is C16H18O2S. The summed E-state index contributed by atoms with van der Waals surface area (Å²) in [4.78, 5) is 2.32. The molecule has 0 saturated carbocycles. The van der Waals surface area contributed by atoms with Gasteiger partial charge in [0.1, 0.15) is 5.75 Å². The number of ether oxygens (including phenoxy) is 1. The van der Waals surface area contributed by atoms with Crippen molar-refractivity contribution in [2.24, 2.45) is 0 Å². The van der Waals surface area contributed by atoms with E-state index in [1.807, 2.05) is 6.07 Å². The van der Waals surface area contributed by atoms with Crippen molar-refractivity contribution < 1.29 is 9.84 Å². The van der Waals surface area contributed by atoms with Crippen LogP contribution in [0.5, 0.6) is 5.75 Å². The van der Waals surface area contributed by atoms with E-state index >= 15 is 0 Å². The maximum atomic E-state index is 10.2. The van der Waals surface area contributed by atoms with Crippen molar-refractivity contribution in [1.82, 2.24) is 0 Å². The van der Waals surface area contributed by atoms with Gasteiger partial charge in [0.15, 0.2) is 0 Å². The van der Waals surface area contributed by atoms with E-state index in [4.69, 9.17) is 4.74 Å². The average Bonchev–Trinajstić information content (AvgIpc) is 3.03.